The van der Waals surface area contributed by atoms with E-state index in [0.29, 0.717) is 37.2 Å². The van der Waals surface area contributed by atoms with Crippen LogP contribution in [0.2, 0.25) is 0 Å². The summed E-state index contributed by atoms with van der Waals surface area (Å²) >= 11 is 0. The summed E-state index contributed by atoms with van der Waals surface area (Å²) in [6, 6.07) is 5.59. The second-order valence-corrected chi connectivity index (χ2v) is 11.9. The fraction of sp³-hybridized carbons (Fsp3) is 0.500. The number of benzene rings is 1. The molecule has 2 aliphatic carbocycles. The number of ether oxygens (including phenoxy) is 1. The number of allylic oxidation sites excluding steroid dienone is 4. The number of hydrogen-bond donors (Lipinski definition) is 3. The first-order chi connectivity index (χ1) is 17.9. The lowest BCUT2D eigenvalue weighted by atomic mass is 9.58. The van der Waals surface area contributed by atoms with Crippen molar-refractivity contribution in [3.05, 3.63) is 58.1 Å². The van der Waals surface area contributed by atoms with E-state index in [0.717, 1.165) is 34.3 Å². The van der Waals surface area contributed by atoms with Crippen LogP contribution in [0.15, 0.2) is 42.0 Å². The van der Waals surface area contributed by atoms with Crippen molar-refractivity contribution in [2.24, 2.45) is 11.3 Å². The lowest BCUT2D eigenvalue weighted by molar-refractivity contribution is -0.145. The minimum absolute atomic E-state index is 0.0779. The number of carbonyl (C=O) groups excluding carboxylic acids is 1. The monoisotopic (exact) mass is 522 g/mol. The first-order valence-electron chi connectivity index (χ1n) is 13.3. The molecule has 2 fully saturated rings. The molecule has 1 aromatic heterocycles. The Hall–Kier alpha value is -2.94. The third-order valence-electron chi connectivity index (χ3n) is 8.80. The van der Waals surface area contributed by atoms with Gasteiger partial charge in [0.2, 0.25) is 0 Å². The number of hydrazine groups is 1. The SMILES string of the molecule is C=c1/c(=C\N(C)N)c2cc(C(=O)NC3CC(O)C34CCOCC4)ccc2n1C1(C)C=CC(C(C)(C)F)=CC1. The lowest BCUT2D eigenvalue weighted by Crippen LogP contribution is -2.65. The highest BCUT2D eigenvalue weighted by molar-refractivity contribution is 5.98. The number of hydrogen-bond acceptors (Lipinski definition) is 5. The van der Waals surface area contributed by atoms with Gasteiger partial charge in [0.15, 0.2) is 0 Å². The van der Waals surface area contributed by atoms with Gasteiger partial charge in [0.25, 0.3) is 5.91 Å². The van der Waals surface area contributed by atoms with Crippen LogP contribution in [-0.2, 0) is 10.3 Å². The van der Waals surface area contributed by atoms with E-state index in [9.17, 15) is 14.3 Å². The molecule has 0 radical (unpaired) electrons. The van der Waals surface area contributed by atoms with Gasteiger partial charge < -0.3 is 24.7 Å². The zero-order chi connectivity index (χ0) is 27.5. The largest absolute Gasteiger partial charge is 0.392 e. The number of halogens is 1. The summed E-state index contributed by atoms with van der Waals surface area (Å²) in [5.74, 6) is 5.85. The molecule has 4 N–H and O–H groups in total. The summed E-state index contributed by atoms with van der Waals surface area (Å²) in [5, 5.41) is 17.6. The van der Waals surface area contributed by atoms with Gasteiger partial charge in [0.05, 0.1) is 11.6 Å². The van der Waals surface area contributed by atoms with Crippen LogP contribution in [-0.4, -0.2) is 58.7 Å². The molecule has 1 spiro atoms. The Kier molecular flexibility index (Phi) is 6.57. The van der Waals surface area contributed by atoms with Crippen LogP contribution in [0.1, 0.15) is 56.8 Å². The normalized spacial score (nSPS) is 27.3. The fourth-order valence-electron chi connectivity index (χ4n) is 6.41. The molecule has 7 nitrogen and oxygen atoms in total. The van der Waals surface area contributed by atoms with E-state index >= 15 is 0 Å². The van der Waals surface area contributed by atoms with Crippen molar-refractivity contribution < 1.29 is 19.0 Å². The first-order valence-corrected chi connectivity index (χ1v) is 13.3. The molecular weight excluding hydrogens is 483 g/mol. The number of rotatable bonds is 5. The number of aliphatic hydroxyl groups excluding tert-OH is 1. The Labute approximate surface area is 223 Å². The minimum Gasteiger partial charge on any atom is -0.392 e. The number of alkyl halides is 1. The summed E-state index contributed by atoms with van der Waals surface area (Å²) in [6.07, 6.45) is 9.89. The molecule has 1 aliphatic heterocycles. The number of nitrogens with two attached hydrogens (primary N) is 1. The smallest absolute Gasteiger partial charge is 0.251 e. The van der Waals surface area contributed by atoms with Gasteiger partial charge in [0, 0.05) is 65.0 Å². The molecule has 2 aromatic rings. The molecule has 1 saturated heterocycles. The molecule has 2 heterocycles. The highest BCUT2D eigenvalue weighted by Gasteiger charge is 2.55. The molecule has 204 valence electrons. The van der Waals surface area contributed by atoms with Crippen LogP contribution in [0.5, 0.6) is 0 Å². The second-order valence-electron chi connectivity index (χ2n) is 11.9. The van der Waals surface area contributed by atoms with Crippen LogP contribution in [0.4, 0.5) is 4.39 Å². The van der Waals surface area contributed by atoms with Gasteiger partial charge in [-0.3, -0.25) is 4.79 Å². The molecule has 1 aromatic carbocycles. The predicted octanol–water partition coefficient (Wildman–Crippen LogP) is 2.60. The third-order valence-corrected chi connectivity index (χ3v) is 8.80. The fourth-order valence-corrected chi connectivity index (χ4v) is 6.41. The Balaban J connectivity index is 1.52. The van der Waals surface area contributed by atoms with E-state index in [1.165, 1.54) is 5.01 Å². The summed E-state index contributed by atoms with van der Waals surface area (Å²) in [7, 11) is 1.75. The molecule has 5 rings (SSSR count). The van der Waals surface area contributed by atoms with Gasteiger partial charge >= 0.3 is 0 Å². The van der Waals surface area contributed by atoms with Crippen molar-refractivity contribution in [1.82, 2.24) is 14.9 Å². The maximum absolute atomic E-state index is 14.6. The van der Waals surface area contributed by atoms with Crippen LogP contribution in [0.25, 0.3) is 23.7 Å². The molecule has 8 heteroatoms. The Morgan fingerprint density at radius 1 is 1.37 bits per heavy atom. The average Bonchev–Trinajstić information content (AvgIpc) is 3.14. The average molecular weight is 523 g/mol. The van der Waals surface area contributed by atoms with Crippen LogP contribution < -0.4 is 21.7 Å². The van der Waals surface area contributed by atoms with Gasteiger partial charge in [0.1, 0.15) is 5.67 Å². The minimum atomic E-state index is -1.41. The lowest BCUT2D eigenvalue weighted by Gasteiger charge is -2.55. The number of carbonyl (C=O) groups is 1. The zero-order valence-electron chi connectivity index (χ0n) is 22.8. The van der Waals surface area contributed by atoms with Crippen molar-refractivity contribution in [2.45, 2.75) is 69.8 Å². The number of nitrogens with one attached hydrogen (secondary N) is 1. The molecule has 38 heavy (non-hydrogen) atoms. The van der Waals surface area contributed by atoms with E-state index in [-0.39, 0.29) is 17.4 Å². The third kappa shape index (κ3) is 4.38. The van der Waals surface area contributed by atoms with Gasteiger partial charge in [-0.15, -0.1) is 0 Å². The molecule has 3 aliphatic rings. The van der Waals surface area contributed by atoms with Crippen molar-refractivity contribution in [2.75, 3.05) is 20.3 Å². The molecule has 1 saturated carbocycles. The molecule has 3 unspecified atom stereocenters. The van der Waals surface area contributed by atoms with Gasteiger partial charge in [-0.1, -0.05) is 24.8 Å². The summed E-state index contributed by atoms with van der Waals surface area (Å²) in [4.78, 5) is 13.4. The first kappa shape index (κ1) is 26.7. The van der Waals surface area contributed by atoms with Gasteiger partial charge in [-0.05, 0) is 70.2 Å². The number of nitrogens with zero attached hydrogens (tertiary/aromatic N) is 2. The number of fused-ring (bicyclic) bond motifs is 1. The van der Waals surface area contributed by atoms with E-state index in [2.05, 4.69) is 23.4 Å². The topological polar surface area (TPSA) is 92.8 Å². The summed E-state index contributed by atoms with van der Waals surface area (Å²) in [5.41, 5.74) is -0.0577. The van der Waals surface area contributed by atoms with Crippen molar-refractivity contribution >= 4 is 29.6 Å². The van der Waals surface area contributed by atoms with Crippen LogP contribution in [0, 0.1) is 5.41 Å². The van der Waals surface area contributed by atoms with Gasteiger partial charge in [-0.25, -0.2) is 10.2 Å². The highest BCUT2D eigenvalue weighted by Crippen LogP contribution is 2.49. The Morgan fingerprint density at radius 2 is 2.08 bits per heavy atom. The Bertz CT molecular complexity index is 1430. The summed E-state index contributed by atoms with van der Waals surface area (Å²) in [6.45, 7) is 10.8. The maximum atomic E-state index is 14.6. The number of aromatic nitrogens is 1. The molecule has 3 atom stereocenters. The van der Waals surface area contributed by atoms with Crippen molar-refractivity contribution in [3.63, 3.8) is 0 Å². The quantitative estimate of drug-likeness (QED) is 0.415. The van der Waals surface area contributed by atoms with Crippen LogP contribution >= 0.6 is 0 Å². The molecule has 0 bridgehead atoms. The molecular formula is C30H39FN4O3. The van der Waals surface area contributed by atoms with Gasteiger partial charge in [-0.2, -0.15) is 0 Å². The van der Waals surface area contributed by atoms with Crippen LogP contribution in [0.3, 0.4) is 0 Å². The molecule has 1 amide bonds. The second kappa shape index (κ2) is 9.36. The maximum Gasteiger partial charge on any atom is 0.251 e. The zero-order valence-corrected chi connectivity index (χ0v) is 22.8. The Morgan fingerprint density at radius 3 is 2.66 bits per heavy atom. The van der Waals surface area contributed by atoms with Crippen molar-refractivity contribution in [3.8, 4) is 0 Å². The van der Waals surface area contributed by atoms with E-state index < -0.39 is 17.3 Å². The van der Waals surface area contributed by atoms with E-state index in [4.69, 9.17) is 10.6 Å². The standard InChI is InChI=1S/C30H39FN4O3/c1-19-23(18-34(5)32)22-16-20(27(37)33-25-17-26(36)30(25)12-14-38-15-13-30)6-7-24(22)35(19)29(4)10-8-21(9-11-29)28(2,3)31/h6-10,16,18,25-26,36H,1,11-15,17,32H2,2-5H3,(H,33,37)/b23-18+. The predicted molar refractivity (Wildman–Crippen MR) is 148 cm³/mol. The van der Waals surface area contributed by atoms with Crippen molar-refractivity contribution in [1.29, 1.82) is 0 Å². The number of amides is 1. The van der Waals surface area contributed by atoms with E-state index in [1.807, 2.05) is 42.6 Å². The van der Waals surface area contributed by atoms with E-state index in [1.54, 1.807) is 20.9 Å². The summed E-state index contributed by atoms with van der Waals surface area (Å²) < 4.78 is 22.2. The highest BCUT2D eigenvalue weighted by atomic mass is 19.1. The number of aliphatic hydroxyl groups is 1.